The lowest BCUT2D eigenvalue weighted by molar-refractivity contribution is -0.116. The zero-order chi connectivity index (χ0) is 19.1. The molecule has 0 atom stereocenters. The van der Waals surface area contributed by atoms with Gasteiger partial charge in [-0.25, -0.2) is 4.39 Å². The van der Waals surface area contributed by atoms with Crippen LogP contribution in [0.5, 0.6) is 0 Å². The maximum Gasteiger partial charge on any atom is 0.225 e. The van der Waals surface area contributed by atoms with Crippen LogP contribution in [0, 0.1) is 5.82 Å². The first-order valence-electron chi connectivity index (χ1n) is 9.26. The molecule has 2 aromatic rings. The van der Waals surface area contributed by atoms with E-state index in [2.05, 4.69) is 56.5 Å². The Bertz CT molecular complexity index is 697. The average molecular weight is 356 g/mol. The molecule has 0 saturated heterocycles. The van der Waals surface area contributed by atoms with Crippen LogP contribution in [0.2, 0.25) is 0 Å². The van der Waals surface area contributed by atoms with Crippen molar-refractivity contribution in [3.63, 3.8) is 0 Å². The van der Waals surface area contributed by atoms with Crippen molar-refractivity contribution < 1.29 is 9.18 Å². The van der Waals surface area contributed by atoms with E-state index in [4.69, 9.17) is 0 Å². The van der Waals surface area contributed by atoms with Crippen molar-refractivity contribution in [2.75, 3.05) is 11.9 Å². The molecule has 0 radical (unpaired) electrons. The quantitative estimate of drug-likeness (QED) is 0.639. The van der Waals surface area contributed by atoms with Gasteiger partial charge in [0.25, 0.3) is 0 Å². The van der Waals surface area contributed by atoms with Crippen LogP contribution in [0.15, 0.2) is 42.5 Å². The predicted octanol–water partition coefficient (Wildman–Crippen LogP) is 5.19. The Morgan fingerprint density at radius 3 is 2.08 bits per heavy atom. The molecule has 2 aromatic carbocycles. The predicted molar refractivity (Wildman–Crippen MR) is 106 cm³/mol. The van der Waals surface area contributed by atoms with Gasteiger partial charge in [0.15, 0.2) is 0 Å². The fourth-order valence-electron chi connectivity index (χ4n) is 2.93. The third kappa shape index (κ3) is 5.67. The Hall–Kier alpha value is -2.20. The number of rotatable bonds is 8. The number of carbonyl (C=O) groups is 1. The molecule has 1 amide bonds. The topological polar surface area (TPSA) is 41.1 Å². The fourth-order valence-corrected chi connectivity index (χ4v) is 2.93. The highest BCUT2D eigenvalue weighted by Gasteiger charge is 2.15. The molecule has 26 heavy (non-hydrogen) atoms. The third-order valence-corrected chi connectivity index (χ3v) is 4.41. The van der Waals surface area contributed by atoms with Gasteiger partial charge in [0.2, 0.25) is 5.91 Å². The lowest BCUT2D eigenvalue weighted by atomic mass is 9.92. The number of carbonyl (C=O) groups excluding carboxylic acids is 1. The number of halogens is 1. The molecule has 2 rings (SSSR count). The highest BCUT2D eigenvalue weighted by Crippen LogP contribution is 2.32. The SMILES string of the molecule is CC(C)c1cccc(C(C)C)c1NC(=O)CCNCc1ccc(F)cc1. The maximum atomic E-state index is 12.9. The molecule has 0 saturated carbocycles. The third-order valence-electron chi connectivity index (χ3n) is 4.41. The first kappa shape index (κ1) is 20.1. The molecular weight excluding hydrogens is 327 g/mol. The number of benzene rings is 2. The van der Waals surface area contributed by atoms with Gasteiger partial charge in [-0.15, -0.1) is 0 Å². The molecule has 3 nitrogen and oxygen atoms in total. The summed E-state index contributed by atoms with van der Waals surface area (Å²) in [6.07, 6.45) is 0.394. The molecule has 0 fully saturated rings. The van der Waals surface area contributed by atoms with Gasteiger partial charge in [-0.1, -0.05) is 58.0 Å². The summed E-state index contributed by atoms with van der Waals surface area (Å²) in [5, 5.41) is 6.35. The zero-order valence-electron chi connectivity index (χ0n) is 16.1. The molecule has 0 unspecified atom stereocenters. The summed E-state index contributed by atoms with van der Waals surface area (Å²) < 4.78 is 12.9. The highest BCUT2D eigenvalue weighted by molar-refractivity contribution is 5.92. The number of amides is 1. The van der Waals surface area contributed by atoms with Gasteiger partial charge in [-0.05, 0) is 40.7 Å². The highest BCUT2D eigenvalue weighted by atomic mass is 19.1. The average Bonchev–Trinajstić information content (AvgIpc) is 2.60. The summed E-state index contributed by atoms with van der Waals surface area (Å²) in [4.78, 5) is 12.4. The van der Waals surface area contributed by atoms with E-state index in [1.807, 2.05) is 0 Å². The number of hydrogen-bond donors (Lipinski definition) is 2. The van der Waals surface area contributed by atoms with Crippen molar-refractivity contribution in [2.45, 2.75) is 52.5 Å². The summed E-state index contributed by atoms with van der Waals surface area (Å²) in [7, 11) is 0. The summed E-state index contributed by atoms with van der Waals surface area (Å²) in [6, 6.07) is 12.6. The van der Waals surface area contributed by atoms with Gasteiger partial charge in [0, 0.05) is 25.2 Å². The van der Waals surface area contributed by atoms with Crippen LogP contribution in [0.25, 0.3) is 0 Å². The second-order valence-electron chi connectivity index (χ2n) is 7.22. The molecule has 0 aromatic heterocycles. The van der Waals surface area contributed by atoms with E-state index in [1.54, 1.807) is 12.1 Å². The Morgan fingerprint density at radius 1 is 0.962 bits per heavy atom. The normalized spacial score (nSPS) is 11.2. The van der Waals surface area contributed by atoms with E-state index in [0.717, 1.165) is 11.3 Å². The molecule has 0 aliphatic heterocycles. The second kappa shape index (κ2) is 9.48. The minimum absolute atomic E-state index is 0.00612. The summed E-state index contributed by atoms with van der Waals surface area (Å²) in [6.45, 7) is 9.74. The fraction of sp³-hybridized carbons (Fsp3) is 0.409. The molecule has 4 heteroatoms. The van der Waals surface area contributed by atoms with E-state index in [-0.39, 0.29) is 11.7 Å². The van der Waals surface area contributed by atoms with Crippen molar-refractivity contribution in [1.82, 2.24) is 5.32 Å². The lowest BCUT2D eigenvalue weighted by Crippen LogP contribution is -2.22. The van der Waals surface area contributed by atoms with Gasteiger partial charge < -0.3 is 10.6 Å². The first-order chi connectivity index (χ1) is 12.4. The molecular formula is C22H29FN2O. The lowest BCUT2D eigenvalue weighted by Gasteiger charge is -2.20. The van der Waals surface area contributed by atoms with Gasteiger partial charge >= 0.3 is 0 Å². The van der Waals surface area contributed by atoms with Crippen LogP contribution in [-0.2, 0) is 11.3 Å². The molecule has 0 aliphatic carbocycles. The Kier molecular flexibility index (Phi) is 7.34. The van der Waals surface area contributed by atoms with E-state index in [0.29, 0.717) is 31.3 Å². The summed E-state index contributed by atoms with van der Waals surface area (Å²) in [5.41, 5.74) is 4.30. The van der Waals surface area contributed by atoms with Crippen molar-refractivity contribution in [2.24, 2.45) is 0 Å². The number of anilines is 1. The van der Waals surface area contributed by atoms with Crippen molar-refractivity contribution in [1.29, 1.82) is 0 Å². The first-order valence-corrected chi connectivity index (χ1v) is 9.26. The van der Waals surface area contributed by atoms with Crippen LogP contribution in [-0.4, -0.2) is 12.5 Å². The number of nitrogens with one attached hydrogen (secondary N) is 2. The van der Waals surface area contributed by atoms with Crippen LogP contribution in [0.1, 0.15) is 62.6 Å². The molecule has 0 heterocycles. The largest absolute Gasteiger partial charge is 0.326 e. The molecule has 0 bridgehead atoms. The van der Waals surface area contributed by atoms with E-state index >= 15 is 0 Å². The Labute approximate surface area is 156 Å². The van der Waals surface area contributed by atoms with E-state index in [1.165, 1.54) is 23.3 Å². The van der Waals surface area contributed by atoms with Gasteiger partial charge in [-0.2, -0.15) is 0 Å². The standard InChI is InChI=1S/C22H29FN2O/c1-15(2)19-6-5-7-20(16(3)4)22(19)25-21(26)12-13-24-14-17-8-10-18(23)11-9-17/h5-11,15-16,24H,12-14H2,1-4H3,(H,25,26). The second-order valence-corrected chi connectivity index (χ2v) is 7.22. The van der Waals surface area contributed by atoms with Crippen molar-refractivity contribution >= 4 is 11.6 Å². The Morgan fingerprint density at radius 2 is 1.54 bits per heavy atom. The smallest absolute Gasteiger partial charge is 0.225 e. The monoisotopic (exact) mass is 356 g/mol. The van der Waals surface area contributed by atoms with Crippen molar-refractivity contribution in [3.8, 4) is 0 Å². The maximum absolute atomic E-state index is 12.9. The van der Waals surface area contributed by atoms with Gasteiger partial charge in [0.05, 0.1) is 0 Å². The summed E-state index contributed by atoms with van der Waals surface area (Å²) >= 11 is 0. The van der Waals surface area contributed by atoms with Crippen LogP contribution >= 0.6 is 0 Å². The zero-order valence-corrected chi connectivity index (χ0v) is 16.1. The van der Waals surface area contributed by atoms with Gasteiger partial charge in [0.1, 0.15) is 5.82 Å². The number of hydrogen-bond acceptors (Lipinski definition) is 2. The molecule has 140 valence electrons. The minimum atomic E-state index is -0.238. The van der Waals surface area contributed by atoms with Gasteiger partial charge in [-0.3, -0.25) is 4.79 Å². The van der Waals surface area contributed by atoms with E-state index < -0.39 is 0 Å². The molecule has 0 spiro atoms. The van der Waals surface area contributed by atoms with Crippen LogP contribution < -0.4 is 10.6 Å². The van der Waals surface area contributed by atoms with E-state index in [9.17, 15) is 9.18 Å². The molecule has 2 N–H and O–H groups in total. The van der Waals surface area contributed by atoms with Crippen molar-refractivity contribution in [3.05, 3.63) is 65.0 Å². The summed E-state index contributed by atoms with van der Waals surface area (Å²) in [5.74, 6) is 0.464. The number of para-hydroxylation sites is 1. The van der Waals surface area contributed by atoms with Crippen LogP contribution in [0.4, 0.5) is 10.1 Å². The molecule has 0 aliphatic rings. The minimum Gasteiger partial charge on any atom is -0.326 e. The van der Waals surface area contributed by atoms with Crippen LogP contribution in [0.3, 0.4) is 0 Å². The Balaban J connectivity index is 1.92.